The number of carbonyl (C=O) groups is 1. The molecule has 25 heavy (non-hydrogen) atoms. The van der Waals surface area contributed by atoms with Gasteiger partial charge in [-0.1, -0.05) is 41.8 Å². The summed E-state index contributed by atoms with van der Waals surface area (Å²) in [5.41, 5.74) is 0.670. The van der Waals surface area contributed by atoms with E-state index in [1.54, 1.807) is 19.4 Å². The first-order valence-corrected chi connectivity index (χ1v) is 10.9. The number of rotatable bonds is 7. The lowest BCUT2D eigenvalue weighted by Gasteiger charge is -2.44. The quantitative estimate of drug-likeness (QED) is 0.551. The second-order valence-corrected chi connectivity index (χ2v) is 9.10. The van der Waals surface area contributed by atoms with Gasteiger partial charge in [0.1, 0.15) is 0 Å². The molecule has 3 nitrogen and oxygen atoms in total. The van der Waals surface area contributed by atoms with Crippen molar-refractivity contribution in [2.45, 2.75) is 84.7 Å². The van der Waals surface area contributed by atoms with Crippen LogP contribution in [-0.2, 0) is 9.53 Å². The maximum atomic E-state index is 11.8. The molecule has 2 saturated carbocycles. The van der Waals surface area contributed by atoms with E-state index < -0.39 is 11.6 Å². The normalized spacial score (nSPS) is 34.4. The average molecular weight is 415 g/mol. The van der Waals surface area contributed by atoms with Gasteiger partial charge in [0.05, 0.1) is 6.61 Å². The van der Waals surface area contributed by atoms with Crippen LogP contribution in [0.2, 0.25) is 0 Å². The molecule has 0 saturated heterocycles. The monoisotopic (exact) mass is 414 g/mol. The summed E-state index contributed by atoms with van der Waals surface area (Å²) in [4.78, 5) is 14.0. The second kappa shape index (κ2) is 8.56. The first kappa shape index (κ1) is 21.0. The van der Waals surface area contributed by atoms with Crippen LogP contribution in [0.4, 0.5) is 0 Å². The Hall–Kier alpha value is -0.350. The fourth-order valence-electron chi connectivity index (χ4n) is 5.50. The molecule has 4 heteroatoms. The van der Waals surface area contributed by atoms with Crippen LogP contribution in [0.1, 0.15) is 79.1 Å². The Balaban J connectivity index is 1.91. The fourth-order valence-corrected chi connectivity index (χ4v) is 6.05. The van der Waals surface area contributed by atoms with Gasteiger partial charge < -0.3 is 9.84 Å². The van der Waals surface area contributed by atoms with Gasteiger partial charge in [0, 0.05) is 0 Å². The Morgan fingerprint density at radius 3 is 2.88 bits per heavy atom. The summed E-state index contributed by atoms with van der Waals surface area (Å²) in [6.07, 6.45) is 8.90. The smallest absolute Gasteiger partial charge is 0.337 e. The third-order valence-corrected chi connectivity index (χ3v) is 7.49. The van der Waals surface area contributed by atoms with Gasteiger partial charge in [-0.15, -0.1) is 0 Å². The Bertz CT molecular complexity index is 499. The summed E-state index contributed by atoms with van der Waals surface area (Å²) in [6.45, 7) is 8.53. The van der Waals surface area contributed by atoms with Gasteiger partial charge in [-0.25, -0.2) is 4.79 Å². The molecule has 1 N–H and O–H groups in total. The minimum absolute atomic E-state index is 0.316. The predicted octanol–water partition coefficient (Wildman–Crippen LogP) is 5.60. The highest BCUT2D eigenvalue weighted by atomic mass is 79.9. The van der Waals surface area contributed by atoms with Crippen molar-refractivity contribution in [1.82, 2.24) is 0 Å². The summed E-state index contributed by atoms with van der Waals surface area (Å²) >= 11 is 3.58. The summed E-state index contributed by atoms with van der Waals surface area (Å²) < 4.78 is 4.98. The van der Waals surface area contributed by atoms with Crippen LogP contribution in [0.3, 0.4) is 0 Å². The van der Waals surface area contributed by atoms with Crippen LogP contribution in [0.5, 0.6) is 0 Å². The molecular formula is C21H35BrO3. The zero-order valence-electron chi connectivity index (χ0n) is 16.3. The van der Waals surface area contributed by atoms with Crippen molar-refractivity contribution in [1.29, 1.82) is 0 Å². The second-order valence-electron chi connectivity index (χ2n) is 8.64. The van der Waals surface area contributed by atoms with Crippen molar-refractivity contribution in [3.8, 4) is 0 Å². The van der Waals surface area contributed by atoms with Gasteiger partial charge >= 0.3 is 5.97 Å². The highest BCUT2D eigenvalue weighted by molar-refractivity contribution is 9.11. The van der Waals surface area contributed by atoms with E-state index in [9.17, 15) is 9.90 Å². The van der Waals surface area contributed by atoms with Crippen LogP contribution in [0.15, 0.2) is 10.6 Å². The lowest BCUT2D eigenvalue weighted by atomic mass is 9.61. The number of hydrogen-bond donors (Lipinski definition) is 1. The molecule has 1 unspecified atom stereocenters. The zero-order chi connectivity index (χ0) is 18.7. The Morgan fingerprint density at radius 2 is 2.24 bits per heavy atom. The van der Waals surface area contributed by atoms with Gasteiger partial charge in [0.15, 0.2) is 5.60 Å². The number of aliphatic hydroxyl groups is 1. The fraction of sp³-hybridized carbons (Fsp3) is 0.857. The van der Waals surface area contributed by atoms with Gasteiger partial charge in [-0.05, 0) is 86.9 Å². The SMILES string of the molecule is CCOC(=O)[C@@](C)(O)CCC[C@@H](C)[C@H]1CCC2/C(=C/Br)CCC[C@@]21C. The highest BCUT2D eigenvalue weighted by Crippen LogP contribution is 2.60. The Kier molecular flexibility index (Phi) is 7.17. The number of halogens is 1. The van der Waals surface area contributed by atoms with Crippen LogP contribution >= 0.6 is 15.9 Å². The molecule has 2 fully saturated rings. The maximum Gasteiger partial charge on any atom is 0.337 e. The van der Waals surface area contributed by atoms with E-state index in [0.717, 1.165) is 24.7 Å². The van der Waals surface area contributed by atoms with E-state index in [-0.39, 0.29) is 0 Å². The topological polar surface area (TPSA) is 46.5 Å². The molecule has 0 spiro atoms. The molecule has 2 aliphatic carbocycles. The van der Waals surface area contributed by atoms with Crippen molar-refractivity contribution in [3.05, 3.63) is 10.6 Å². The minimum atomic E-state index is -1.35. The molecule has 0 aromatic heterocycles. The molecule has 144 valence electrons. The van der Waals surface area contributed by atoms with Crippen LogP contribution in [-0.4, -0.2) is 23.3 Å². The van der Waals surface area contributed by atoms with Gasteiger partial charge in [-0.2, -0.15) is 0 Å². The molecule has 0 heterocycles. The molecule has 2 rings (SSSR count). The molecular weight excluding hydrogens is 380 g/mol. The minimum Gasteiger partial charge on any atom is -0.464 e. The van der Waals surface area contributed by atoms with Crippen molar-refractivity contribution in [3.63, 3.8) is 0 Å². The number of hydrogen-bond acceptors (Lipinski definition) is 3. The van der Waals surface area contributed by atoms with E-state index >= 15 is 0 Å². The average Bonchev–Trinajstić information content (AvgIpc) is 2.91. The van der Waals surface area contributed by atoms with Gasteiger partial charge in [0.25, 0.3) is 0 Å². The number of allylic oxidation sites excluding steroid dienone is 1. The zero-order valence-corrected chi connectivity index (χ0v) is 17.9. The number of esters is 1. The van der Waals surface area contributed by atoms with Gasteiger partial charge in [-0.3, -0.25) is 0 Å². The third-order valence-electron chi connectivity index (χ3n) is 6.90. The summed E-state index contributed by atoms with van der Waals surface area (Å²) in [6, 6.07) is 0. The van der Waals surface area contributed by atoms with Crippen molar-refractivity contribution in [2.24, 2.45) is 23.2 Å². The summed E-state index contributed by atoms with van der Waals surface area (Å²) in [7, 11) is 0. The molecule has 0 amide bonds. The lowest BCUT2D eigenvalue weighted by molar-refractivity contribution is -0.164. The van der Waals surface area contributed by atoms with Crippen LogP contribution < -0.4 is 0 Å². The van der Waals surface area contributed by atoms with E-state index in [1.807, 2.05) is 0 Å². The van der Waals surface area contributed by atoms with Crippen LogP contribution in [0, 0.1) is 23.2 Å². The lowest BCUT2D eigenvalue weighted by Crippen LogP contribution is -2.37. The number of ether oxygens (including phenoxy) is 1. The maximum absolute atomic E-state index is 11.8. The molecule has 0 bridgehead atoms. The Morgan fingerprint density at radius 1 is 1.52 bits per heavy atom. The van der Waals surface area contributed by atoms with Crippen molar-refractivity contribution >= 4 is 21.9 Å². The molecule has 0 aromatic carbocycles. The third kappa shape index (κ3) is 4.50. The van der Waals surface area contributed by atoms with E-state index in [1.165, 1.54) is 32.1 Å². The Labute approximate surface area is 161 Å². The summed E-state index contributed by atoms with van der Waals surface area (Å²) in [5, 5.41) is 10.3. The number of carbonyl (C=O) groups excluding carboxylic acids is 1. The predicted molar refractivity (Wildman–Crippen MR) is 105 cm³/mol. The van der Waals surface area contributed by atoms with Gasteiger partial charge in [0.2, 0.25) is 0 Å². The van der Waals surface area contributed by atoms with E-state index in [4.69, 9.17) is 4.74 Å². The standard InChI is InChI=1S/C21H35BrO3/c1-5-25-19(23)21(4,24)13-6-8-15(2)17-10-11-18-16(14-22)9-7-12-20(17,18)3/h14-15,17-18,24H,5-13H2,1-4H3/b16-14+/t15-,17-,18?,20-,21+/m1/s1. The van der Waals surface area contributed by atoms with Crippen molar-refractivity contribution in [2.75, 3.05) is 6.61 Å². The largest absolute Gasteiger partial charge is 0.464 e. The van der Waals surface area contributed by atoms with Crippen LogP contribution in [0.25, 0.3) is 0 Å². The molecule has 2 aliphatic rings. The first-order chi connectivity index (χ1) is 11.8. The first-order valence-electron chi connectivity index (χ1n) is 9.95. The van der Waals surface area contributed by atoms with E-state index in [0.29, 0.717) is 24.4 Å². The number of fused-ring (bicyclic) bond motifs is 1. The highest BCUT2D eigenvalue weighted by Gasteiger charge is 2.50. The molecule has 5 atom stereocenters. The molecule has 0 radical (unpaired) electrons. The molecule has 0 aliphatic heterocycles. The molecule has 0 aromatic rings. The van der Waals surface area contributed by atoms with E-state index in [2.05, 4.69) is 34.8 Å². The summed E-state index contributed by atoms with van der Waals surface area (Å²) in [5.74, 6) is 1.61. The van der Waals surface area contributed by atoms with Crippen molar-refractivity contribution < 1.29 is 14.6 Å².